The molecule has 18 heavy (non-hydrogen) atoms. The molecule has 0 aromatic heterocycles. The summed E-state index contributed by atoms with van der Waals surface area (Å²) in [6.45, 7) is 3.48. The molecular formula is C13H24N2O3. The minimum absolute atomic E-state index is 0.254. The average molecular weight is 256 g/mol. The van der Waals surface area contributed by atoms with Crippen LogP contribution in [0.15, 0.2) is 0 Å². The van der Waals surface area contributed by atoms with Gasteiger partial charge in [0.15, 0.2) is 0 Å². The third kappa shape index (κ3) is 3.37. The van der Waals surface area contributed by atoms with Gasteiger partial charge >= 0.3 is 12.0 Å². The van der Waals surface area contributed by atoms with Gasteiger partial charge in [-0.2, -0.15) is 0 Å². The summed E-state index contributed by atoms with van der Waals surface area (Å²) in [4.78, 5) is 25.0. The second kappa shape index (κ2) is 6.07. The lowest BCUT2D eigenvalue weighted by Gasteiger charge is -2.31. The third-order valence-corrected chi connectivity index (χ3v) is 3.80. The molecule has 2 amide bonds. The van der Waals surface area contributed by atoms with Gasteiger partial charge in [0.1, 0.15) is 5.54 Å². The molecule has 0 bridgehead atoms. The highest BCUT2D eigenvalue weighted by Gasteiger charge is 2.36. The number of nitrogens with one attached hydrogen (secondary N) is 1. The van der Waals surface area contributed by atoms with Crippen LogP contribution in [0.3, 0.4) is 0 Å². The second-order valence-corrected chi connectivity index (χ2v) is 5.37. The quantitative estimate of drug-likeness (QED) is 0.792. The molecule has 1 unspecified atom stereocenters. The molecule has 0 heterocycles. The van der Waals surface area contributed by atoms with Crippen LogP contribution in [0.2, 0.25) is 0 Å². The van der Waals surface area contributed by atoms with Gasteiger partial charge in [-0.1, -0.05) is 26.2 Å². The molecule has 5 nitrogen and oxygen atoms in total. The predicted octanol–water partition coefficient (Wildman–Crippen LogP) is 2.21. The largest absolute Gasteiger partial charge is 0.480 e. The fraction of sp³-hybridized carbons (Fsp3) is 0.846. The van der Waals surface area contributed by atoms with E-state index in [4.69, 9.17) is 0 Å². The summed E-state index contributed by atoms with van der Waals surface area (Å²) in [5, 5.41) is 11.9. The van der Waals surface area contributed by atoms with Crippen LogP contribution < -0.4 is 5.32 Å². The molecule has 5 heteroatoms. The fourth-order valence-corrected chi connectivity index (χ4v) is 2.50. The van der Waals surface area contributed by atoms with Crippen LogP contribution in [-0.2, 0) is 4.79 Å². The van der Waals surface area contributed by atoms with Gasteiger partial charge in [-0.25, -0.2) is 9.59 Å². The molecule has 1 aliphatic carbocycles. The molecule has 0 aromatic rings. The van der Waals surface area contributed by atoms with E-state index in [9.17, 15) is 14.7 Å². The van der Waals surface area contributed by atoms with Crippen molar-refractivity contribution in [3.63, 3.8) is 0 Å². The molecule has 0 aliphatic heterocycles. The van der Waals surface area contributed by atoms with Gasteiger partial charge in [0.2, 0.25) is 0 Å². The molecule has 0 radical (unpaired) electrons. The van der Waals surface area contributed by atoms with E-state index in [-0.39, 0.29) is 12.1 Å². The Kier molecular flexibility index (Phi) is 4.99. The number of carboxylic acid groups (broad SMARTS) is 1. The van der Waals surface area contributed by atoms with Crippen LogP contribution in [0.5, 0.6) is 0 Å². The van der Waals surface area contributed by atoms with E-state index in [0.717, 1.165) is 32.1 Å². The van der Waals surface area contributed by atoms with Crippen LogP contribution in [0.25, 0.3) is 0 Å². The zero-order valence-corrected chi connectivity index (χ0v) is 11.5. The Morgan fingerprint density at radius 1 is 1.39 bits per heavy atom. The molecule has 1 fully saturated rings. The van der Waals surface area contributed by atoms with Crippen molar-refractivity contribution in [2.45, 2.75) is 64.0 Å². The Balaban J connectivity index is 2.63. The number of aliphatic carboxylic acids is 1. The first-order valence-corrected chi connectivity index (χ1v) is 6.69. The molecule has 0 saturated heterocycles. The molecule has 104 valence electrons. The van der Waals surface area contributed by atoms with Gasteiger partial charge in [0.25, 0.3) is 0 Å². The summed E-state index contributed by atoms with van der Waals surface area (Å²) >= 11 is 0. The Morgan fingerprint density at radius 2 is 1.94 bits per heavy atom. The number of urea groups is 1. The Hall–Kier alpha value is -1.26. The van der Waals surface area contributed by atoms with Crippen LogP contribution in [0, 0.1) is 0 Å². The zero-order chi connectivity index (χ0) is 13.8. The summed E-state index contributed by atoms with van der Waals surface area (Å²) < 4.78 is 0. The van der Waals surface area contributed by atoms with Crippen molar-refractivity contribution in [2.75, 3.05) is 7.05 Å². The SMILES string of the molecule is CCCC(C)(NC(=O)N(C)C1CCCC1)C(=O)O. The summed E-state index contributed by atoms with van der Waals surface area (Å²) in [5.74, 6) is -0.975. The molecule has 1 atom stereocenters. The molecule has 1 rings (SSSR count). The maximum Gasteiger partial charge on any atom is 0.329 e. The highest BCUT2D eigenvalue weighted by Crippen LogP contribution is 2.23. The zero-order valence-electron chi connectivity index (χ0n) is 11.5. The number of hydrogen-bond donors (Lipinski definition) is 2. The van der Waals surface area contributed by atoms with Crippen molar-refractivity contribution in [1.82, 2.24) is 10.2 Å². The number of carboxylic acids is 1. The molecule has 2 N–H and O–H groups in total. The van der Waals surface area contributed by atoms with E-state index in [0.29, 0.717) is 6.42 Å². The minimum atomic E-state index is -1.17. The molecule has 0 spiro atoms. The van der Waals surface area contributed by atoms with Crippen molar-refractivity contribution in [2.24, 2.45) is 0 Å². The van der Waals surface area contributed by atoms with E-state index in [1.54, 1.807) is 18.9 Å². The van der Waals surface area contributed by atoms with Gasteiger partial charge in [-0.3, -0.25) is 0 Å². The first-order valence-electron chi connectivity index (χ1n) is 6.69. The van der Waals surface area contributed by atoms with Gasteiger partial charge in [-0.15, -0.1) is 0 Å². The van der Waals surface area contributed by atoms with Gasteiger partial charge < -0.3 is 15.3 Å². The number of carbonyl (C=O) groups excluding carboxylic acids is 1. The van der Waals surface area contributed by atoms with E-state index in [2.05, 4.69) is 5.32 Å². The number of rotatable bonds is 5. The Morgan fingerprint density at radius 3 is 2.39 bits per heavy atom. The highest BCUT2D eigenvalue weighted by atomic mass is 16.4. The van der Waals surface area contributed by atoms with E-state index >= 15 is 0 Å². The lowest BCUT2D eigenvalue weighted by Crippen LogP contribution is -2.56. The van der Waals surface area contributed by atoms with Crippen molar-refractivity contribution in [1.29, 1.82) is 0 Å². The van der Waals surface area contributed by atoms with Crippen LogP contribution >= 0.6 is 0 Å². The molecule has 0 aromatic carbocycles. The van der Waals surface area contributed by atoms with Gasteiger partial charge in [0, 0.05) is 13.1 Å². The minimum Gasteiger partial charge on any atom is -0.480 e. The van der Waals surface area contributed by atoms with Crippen molar-refractivity contribution < 1.29 is 14.7 Å². The third-order valence-electron chi connectivity index (χ3n) is 3.80. The number of hydrogen-bond acceptors (Lipinski definition) is 2. The second-order valence-electron chi connectivity index (χ2n) is 5.37. The number of nitrogens with zero attached hydrogens (tertiary/aromatic N) is 1. The average Bonchev–Trinajstić information content (AvgIpc) is 2.81. The van der Waals surface area contributed by atoms with Crippen molar-refractivity contribution in [3.05, 3.63) is 0 Å². The summed E-state index contributed by atoms with van der Waals surface area (Å²) in [7, 11) is 1.75. The predicted molar refractivity (Wildman–Crippen MR) is 69.5 cm³/mol. The van der Waals surface area contributed by atoms with E-state index in [1.807, 2.05) is 6.92 Å². The van der Waals surface area contributed by atoms with Crippen LogP contribution in [-0.4, -0.2) is 40.6 Å². The molecule has 1 saturated carbocycles. The summed E-state index contributed by atoms with van der Waals surface area (Å²) in [5.41, 5.74) is -1.17. The van der Waals surface area contributed by atoms with Gasteiger partial charge in [-0.05, 0) is 26.2 Å². The number of amides is 2. The highest BCUT2D eigenvalue weighted by molar-refractivity contribution is 5.85. The van der Waals surface area contributed by atoms with Crippen molar-refractivity contribution >= 4 is 12.0 Å². The lowest BCUT2D eigenvalue weighted by molar-refractivity contribution is -0.144. The van der Waals surface area contributed by atoms with Crippen molar-refractivity contribution in [3.8, 4) is 0 Å². The lowest BCUT2D eigenvalue weighted by atomic mass is 9.96. The monoisotopic (exact) mass is 256 g/mol. The maximum absolute atomic E-state index is 12.1. The fourth-order valence-electron chi connectivity index (χ4n) is 2.50. The maximum atomic E-state index is 12.1. The van der Waals surface area contributed by atoms with Crippen LogP contribution in [0.1, 0.15) is 52.4 Å². The molecular weight excluding hydrogens is 232 g/mol. The Labute approximate surface area is 109 Å². The smallest absolute Gasteiger partial charge is 0.329 e. The molecule has 1 aliphatic rings. The summed E-state index contributed by atoms with van der Waals surface area (Å²) in [6, 6.07) is -0.0232. The standard InChI is InChI=1S/C13H24N2O3/c1-4-9-13(2,11(16)17)14-12(18)15(3)10-7-5-6-8-10/h10H,4-9H2,1-3H3,(H,14,18)(H,16,17). The normalized spacial score (nSPS) is 19.3. The van der Waals surface area contributed by atoms with Crippen LogP contribution in [0.4, 0.5) is 4.79 Å². The number of carbonyl (C=O) groups is 2. The first-order chi connectivity index (χ1) is 8.40. The topological polar surface area (TPSA) is 69.6 Å². The van der Waals surface area contributed by atoms with Gasteiger partial charge in [0.05, 0.1) is 0 Å². The van der Waals surface area contributed by atoms with E-state index in [1.165, 1.54) is 0 Å². The Bertz CT molecular complexity index is 313. The van der Waals surface area contributed by atoms with E-state index < -0.39 is 11.5 Å². The summed E-state index contributed by atoms with van der Waals surface area (Å²) in [6.07, 6.45) is 5.48. The first kappa shape index (κ1) is 14.8.